The van der Waals surface area contributed by atoms with Gasteiger partial charge in [0.05, 0.1) is 5.69 Å². The fourth-order valence-electron chi connectivity index (χ4n) is 1.91. The first-order valence-corrected chi connectivity index (χ1v) is 7.36. The van der Waals surface area contributed by atoms with Crippen molar-refractivity contribution in [3.8, 4) is 5.75 Å². The van der Waals surface area contributed by atoms with Crippen LogP contribution in [0.15, 0.2) is 41.4 Å². The van der Waals surface area contributed by atoms with Gasteiger partial charge in [-0.1, -0.05) is 6.07 Å². The van der Waals surface area contributed by atoms with Crippen LogP contribution in [0.2, 0.25) is 0 Å². The van der Waals surface area contributed by atoms with E-state index in [9.17, 15) is 0 Å². The Kier molecular flexibility index (Phi) is 4.68. The summed E-state index contributed by atoms with van der Waals surface area (Å²) in [4.78, 5) is 5.46. The third-order valence-electron chi connectivity index (χ3n) is 2.95. The van der Waals surface area contributed by atoms with E-state index in [-0.39, 0.29) is 0 Å². The molecule has 4 heteroatoms. The van der Waals surface area contributed by atoms with Crippen LogP contribution >= 0.6 is 11.8 Å². The molecule has 0 saturated carbocycles. The molecule has 3 nitrogen and oxygen atoms in total. The normalized spacial score (nSPS) is 10.3. The molecule has 1 heterocycles. The van der Waals surface area contributed by atoms with Gasteiger partial charge in [0, 0.05) is 29.4 Å². The molecule has 0 aliphatic heterocycles. The van der Waals surface area contributed by atoms with Crippen molar-refractivity contribution in [2.75, 3.05) is 18.6 Å². The number of hydrogen-bond acceptors (Lipinski definition) is 4. The first kappa shape index (κ1) is 13.7. The average molecular weight is 274 g/mol. The number of aryl methyl sites for hydroxylation is 1. The van der Waals surface area contributed by atoms with Crippen molar-refractivity contribution in [3.63, 3.8) is 0 Å². The number of nitrogens with zero attached hydrogens (tertiary/aromatic N) is 1. The molecular weight excluding hydrogens is 256 g/mol. The minimum atomic E-state index is 0.541. The monoisotopic (exact) mass is 274 g/mol. The van der Waals surface area contributed by atoms with E-state index >= 15 is 0 Å². The van der Waals surface area contributed by atoms with Gasteiger partial charge in [-0.25, -0.2) is 0 Å². The quantitative estimate of drug-likeness (QED) is 0.842. The molecule has 0 fully saturated rings. The summed E-state index contributed by atoms with van der Waals surface area (Å²) >= 11 is 1.73. The Bertz CT molecular complexity index is 535. The molecule has 2 aromatic rings. The van der Waals surface area contributed by atoms with Crippen LogP contribution in [0.1, 0.15) is 11.3 Å². The Morgan fingerprint density at radius 1 is 1.26 bits per heavy atom. The Balaban J connectivity index is 2.21. The van der Waals surface area contributed by atoms with Crippen LogP contribution in [0, 0.1) is 6.92 Å². The van der Waals surface area contributed by atoms with E-state index in [1.54, 1.807) is 18.0 Å². The zero-order chi connectivity index (χ0) is 13.7. The maximum Gasteiger partial charge on any atom is 0.141 e. The second-order valence-corrected chi connectivity index (χ2v) is 4.96. The van der Waals surface area contributed by atoms with E-state index in [1.165, 1.54) is 10.5 Å². The van der Waals surface area contributed by atoms with Crippen LogP contribution in [0.3, 0.4) is 0 Å². The SMILES string of the molecule is CNc1cccc(SC)c1COc1cccnc1C. The minimum Gasteiger partial charge on any atom is -0.487 e. The van der Waals surface area contributed by atoms with Crippen molar-refractivity contribution in [1.29, 1.82) is 0 Å². The molecule has 2 rings (SSSR count). The van der Waals surface area contributed by atoms with Crippen molar-refractivity contribution >= 4 is 17.4 Å². The first-order chi connectivity index (χ1) is 9.26. The van der Waals surface area contributed by atoms with Crippen LogP contribution in [-0.4, -0.2) is 18.3 Å². The largest absolute Gasteiger partial charge is 0.487 e. The van der Waals surface area contributed by atoms with Crippen LogP contribution in [-0.2, 0) is 6.61 Å². The predicted octanol–water partition coefficient (Wildman–Crippen LogP) is 3.73. The predicted molar refractivity (Wildman–Crippen MR) is 81.1 cm³/mol. The summed E-state index contributed by atoms with van der Waals surface area (Å²) in [5.74, 6) is 0.834. The van der Waals surface area contributed by atoms with Crippen LogP contribution in [0.25, 0.3) is 0 Å². The second kappa shape index (κ2) is 6.48. The van der Waals surface area contributed by atoms with Crippen LogP contribution in [0.4, 0.5) is 5.69 Å². The maximum atomic E-state index is 5.89. The number of hydrogen-bond donors (Lipinski definition) is 1. The Morgan fingerprint density at radius 2 is 2.11 bits per heavy atom. The molecule has 0 radical (unpaired) electrons. The number of ether oxygens (including phenoxy) is 1. The summed E-state index contributed by atoms with van der Waals surface area (Å²) in [6.45, 7) is 2.49. The lowest BCUT2D eigenvalue weighted by Gasteiger charge is -2.15. The number of nitrogens with one attached hydrogen (secondary N) is 1. The molecule has 0 aliphatic carbocycles. The van der Waals surface area contributed by atoms with Crippen LogP contribution < -0.4 is 10.1 Å². The topological polar surface area (TPSA) is 34.1 Å². The molecule has 0 saturated heterocycles. The number of anilines is 1. The third kappa shape index (κ3) is 3.20. The van der Waals surface area contributed by atoms with Gasteiger partial charge < -0.3 is 10.1 Å². The number of rotatable bonds is 5. The zero-order valence-corrected chi connectivity index (χ0v) is 12.3. The molecule has 1 aromatic heterocycles. The van der Waals surface area contributed by atoms with Gasteiger partial charge in [-0.3, -0.25) is 4.98 Å². The lowest BCUT2D eigenvalue weighted by atomic mass is 10.2. The van der Waals surface area contributed by atoms with Crippen LogP contribution in [0.5, 0.6) is 5.75 Å². The first-order valence-electron chi connectivity index (χ1n) is 6.14. The highest BCUT2D eigenvalue weighted by Crippen LogP contribution is 2.28. The second-order valence-electron chi connectivity index (χ2n) is 4.11. The summed E-state index contributed by atoms with van der Waals surface area (Å²) < 4.78 is 5.89. The molecule has 1 aromatic carbocycles. The number of aromatic nitrogens is 1. The number of pyridine rings is 1. The highest BCUT2D eigenvalue weighted by Gasteiger charge is 2.08. The van der Waals surface area contributed by atoms with Gasteiger partial charge in [-0.05, 0) is 37.4 Å². The molecular formula is C15H18N2OS. The van der Waals surface area contributed by atoms with Gasteiger partial charge in [-0.2, -0.15) is 0 Å². The number of thioether (sulfide) groups is 1. The van der Waals surface area contributed by atoms with Gasteiger partial charge in [-0.15, -0.1) is 11.8 Å². The van der Waals surface area contributed by atoms with Gasteiger partial charge in [0.15, 0.2) is 0 Å². The standard InChI is InChI=1S/C15H18N2OS/c1-11-14(7-5-9-17-11)18-10-12-13(16-2)6-4-8-15(12)19-3/h4-9,16H,10H2,1-3H3. The summed E-state index contributed by atoms with van der Waals surface area (Å²) in [7, 11) is 1.93. The van der Waals surface area contributed by atoms with Crippen molar-refractivity contribution in [2.45, 2.75) is 18.4 Å². The molecule has 0 aliphatic rings. The van der Waals surface area contributed by atoms with E-state index in [4.69, 9.17) is 4.74 Å². The van der Waals surface area contributed by atoms with E-state index in [1.807, 2.05) is 26.1 Å². The van der Waals surface area contributed by atoms with Crippen molar-refractivity contribution in [1.82, 2.24) is 4.98 Å². The lowest BCUT2D eigenvalue weighted by molar-refractivity contribution is 0.300. The molecule has 0 bridgehead atoms. The summed E-state index contributed by atoms with van der Waals surface area (Å²) in [6.07, 6.45) is 3.85. The fourth-order valence-corrected chi connectivity index (χ4v) is 2.54. The molecule has 0 unspecified atom stereocenters. The molecule has 19 heavy (non-hydrogen) atoms. The molecule has 1 N–H and O–H groups in total. The minimum absolute atomic E-state index is 0.541. The highest BCUT2D eigenvalue weighted by atomic mass is 32.2. The van der Waals surface area contributed by atoms with E-state index < -0.39 is 0 Å². The van der Waals surface area contributed by atoms with Gasteiger partial charge >= 0.3 is 0 Å². The Labute approximate surface area is 118 Å². The summed E-state index contributed by atoms with van der Waals surface area (Å²) in [5, 5.41) is 3.21. The van der Waals surface area contributed by atoms with E-state index in [2.05, 4.69) is 34.8 Å². The molecule has 100 valence electrons. The van der Waals surface area contributed by atoms with Crippen molar-refractivity contribution in [3.05, 3.63) is 47.8 Å². The third-order valence-corrected chi connectivity index (χ3v) is 3.78. The zero-order valence-electron chi connectivity index (χ0n) is 11.4. The smallest absolute Gasteiger partial charge is 0.141 e. The molecule has 0 amide bonds. The van der Waals surface area contributed by atoms with Crippen molar-refractivity contribution in [2.24, 2.45) is 0 Å². The lowest BCUT2D eigenvalue weighted by Crippen LogP contribution is -2.03. The fraction of sp³-hybridized carbons (Fsp3) is 0.267. The number of benzene rings is 1. The van der Waals surface area contributed by atoms with Gasteiger partial charge in [0.1, 0.15) is 12.4 Å². The maximum absolute atomic E-state index is 5.89. The van der Waals surface area contributed by atoms with Gasteiger partial charge in [0.25, 0.3) is 0 Å². The van der Waals surface area contributed by atoms with Crippen molar-refractivity contribution < 1.29 is 4.74 Å². The molecule has 0 spiro atoms. The Morgan fingerprint density at radius 3 is 2.79 bits per heavy atom. The Hall–Kier alpha value is -1.68. The molecule has 0 atom stereocenters. The van der Waals surface area contributed by atoms with E-state index in [0.717, 1.165) is 17.1 Å². The summed E-state index contributed by atoms with van der Waals surface area (Å²) in [6, 6.07) is 10.1. The summed E-state index contributed by atoms with van der Waals surface area (Å²) in [5.41, 5.74) is 3.20. The highest BCUT2D eigenvalue weighted by molar-refractivity contribution is 7.98. The van der Waals surface area contributed by atoms with E-state index in [0.29, 0.717) is 6.61 Å². The average Bonchev–Trinajstić information content (AvgIpc) is 2.46. The van der Waals surface area contributed by atoms with Gasteiger partial charge in [0.2, 0.25) is 0 Å².